The largest absolute Gasteiger partial charge is 0.455 e. The fourth-order valence-corrected chi connectivity index (χ4v) is 11.2. The Hall–Kier alpha value is -10.1. The molecule has 0 unspecified atom stereocenters. The van der Waals surface area contributed by atoms with Crippen molar-refractivity contribution < 1.29 is 4.42 Å². The summed E-state index contributed by atoms with van der Waals surface area (Å²) in [6.07, 6.45) is 0. The molecule has 8 heteroatoms. The summed E-state index contributed by atoms with van der Waals surface area (Å²) in [5.74, 6) is 1.34. The van der Waals surface area contributed by atoms with Crippen molar-refractivity contribution in [3.05, 3.63) is 230 Å². The molecule has 5 aromatic heterocycles. The summed E-state index contributed by atoms with van der Waals surface area (Å²) >= 11 is 0. The molecule has 10 aromatic carbocycles. The van der Waals surface area contributed by atoms with E-state index in [1.807, 2.05) is 84.9 Å². The van der Waals surface area contributed by atoms with Crippen molar-refractivity contribution >= 4 is 87.4 Å². The molecule has 0 amide bonds. The zero-order valence-electron chi connectivity index (χ0n) is 38.4. The van der Waals surface area contributed by atoms with Gasteiger partial charge in [-0.3, -0.25) is 0 Å². The van der Waals surface area contributed by atoms with Crippen molar-refractivity contribution in [1.29, 1.82) is 5.26 Å². The number of rotatable bonds is 6. The number of hydrogen-bond acceptors (Lipinski definition) is 5. The van der Waals surface area contributed by atoms with Crippen LogP contribution < -0.4 is 0 Å². The first-order valence-electron chi connectivity index (χ1n) is 24.0. The number of nitriles is 1. The molecule has 0 spiro atoms. The second-order valence-electron chi connectivity index (χ2n) is 18.3. The first kappa shape index (κ1) is 39.9. The molecule has 0 saturated carbocycles. The average molecular weight is 920 g/mol. The van der Waals surface area contributed by atoms with Crippen molar-refractivity contribution in [3.63, 3.8) is 0 Å². The molecule has 0 radical (unpaired) electrons. The minimum Gasteiger partial charge on any atom is -0.455 e. The van der Waals surface area contributed by atoms with Gasteiger partial charge in [0.2, 0.25) is 0 Å². The number of furan rings is 1. The number of aromatic nitrogens is 6. The highest BCUT2D eigenvalue weighted by atomic mass is 16.3. The SMILES string of the molecule is N#Cc1cc(-n2c3ccc(-n4c5ccccc5c5ccccc54)cc3c3cc4c5ccccc5n(-c5ccccc5)c4cc32)c2c(oc3ccccc32)c1-c1nc(-c2ccccc2)nc(-c2ccccc2)n1. The molecule has 0 aliphatic heterocycles. The van der Waals surface area contributed by atoms with Crippen LogP contribution in [0, 0.1) is 11.3 Å². The van der Waals surface area contributed by atoms with Gasteiger partial charge in [0.15, 0.2) is 17.5 Å². The van der Waals surface area contributed by atoms with Crippen LogP contribution in [0.25, 0.3) is 139 Å². The molecule has 15 rings (SSSR count). The average Bonchev–Trinajstić information content (AvgIpc) is 4.19. The number of benzene rings is 10. The number of nitrogens with zero attached hydrogens (tertiary/aromatic N) is 7. The van der Waals surface area contributed by atoms with Crippen LogP contribution in [0.3, 0.4) is 0 Å². The van der Waals surface area contributed by atoms with Gasteiger partial charge in [0.05, 0.1) is 55.3 Å². The van der Waals surface area contributed by atoms with E-state index in [1.54, 1.807) is 0 Å². The van der Waals surface area contributed by atoms with Crippen molar-refractivity contribution in [2.24, 2.45) is 0 Å². The van der Waals surface area contributed by atoms with E-state index in [1.165, 1.54) is 16.2 Å². The summed E-state index contributed by atoms with van der Waals surface area (Å²) in [6.45, 7) is 0. The molecule has 72 heavy (non-hydrogen) atoms. The van der Waals surface area contributed by atoms with E-state index in [-0.39, 0.29) is 0 Å². The Balaban J connectivity index is 1.08. The van der Waals surface area contributed by atoms with Crippen LogP contribution in [-0.4, -0.2) is 28.7 Å². The molecular weight excluding hydrogens is 883 g/mol. The van der Waals surface area contributed by atoms with E-state index in [0.717, 1.165) is 88.2 Å². The molecule has 0 saturated heterocycles. The number of para-hydroxylation sites is 5. The molecule has 0 bridgehead atoms. The van der Waals surface area contributed by atoms with E-state index in [0.29, 0.717) is 39.8 Å². The quantitative estimate of drug-likeness (QED) is 0.166. The minimum absolute atomic E-state index is 0.349. The molecule has 15 aromatic rings. The molecule has 0 aliphatic carbocycles. The summed E-state index contributed by atoms with van der Waals surface area (Å²) in [4.78, 5) is 15.3. The number of fused-ring (bicyclic) bond motifs is 12. The van der Waals surface area contributed by atoms with Crippen LogP contribution in [0.15, 0.2) is 229 Å². The third-order valence-corrected chi connectivity index (χ3v) is 14.3. The third kappa shape index (κ3) is 5.82. The Morgan fingerprint density at radius 1 is 0.361 bits per heavy atom. The molecular formula is C64H37N7O. The first-order chi connectivity index (χ1) is 35.7. The standard InChI is InChI=1S/C64H37N7O/c65-38-41-34-57(60-47-27-13-17-31-58(47)72-61(60)59(41)64-67-62(39-18-4-1-5-19-39)66-63(68-64)40-20-6-2-7-21-40)71-54-33-32-43(70-51-28-14-10-24-44(51)45-25-11-15-29-52(45)70)35-48(54)50-36-49-46-26-12-16-30-53(46)69(55(49)37-56(50)71)42-22-8-3-9-23-42/h1-37H. The summed E-state index contributed by atoms with van der Waals surface area (Å²) in [7, 11) is 0. The van der Waals surface area contributed by atoms with Gasteiger partial charge in [0.1, 0.15) is 17.2 Å². The van der Waals surface area contributed by atoms with Gasteiger partial charge >= 0.3 is 0 Å². The second kappa shape index (κ2) is 15.5. The topological polar surface area (TPSA) is 90.4 Å². The highest BCUT2D eigenvalue weighted by Gasteiger charge is 2.28. The third-order valence-electron chi connectivity index (χ3n) is 14.3. The number of hydrogen-bond donors (Lipinski definition) is 0. The van der Waals surface area contributed by atoms with Crippen LogP contribution in [0.2, 0.25) is 0 Å². The van der Waals surface area contributed by atoms with Crippen LogP contribution in [-0.2, 0) is 0 Å². The summed E-state index contributed by atoms with van der Waals surface area (Å²) in [5.41, 5.74) is 13.1. The van der Waals surface area contributed by atoms with Crippen molar-refractivity contribution in [2.75, 3.05) is 0 Å². The summed E-state index contributed by atoms with van der Waals surface area (Å²) in [6, 6.07) is 80.5. The molecule has 0 fully saturated rings. The van der Waals surface area contributed by atoms with Gasteiger partial charge in [-0.1, -0.05) is 152 Å². The molecule has 334 valence electrons. The van der Waals surface area contributed by atoms with Gasteiger partial charge in [0, 0.05) is 60.2 Å². The Kier molecular flexibility index (Phi) is 8.55. The first-order valence-corrected chi connectivity index (χ1v) is 24.0. The Bertz CT molecular complexity index is 4640. The van der Waals surface area contributed by atoms with Crippen LogP contribution in [0.4, 0.5) is 0 Å². The van der Waals surface area contributed by atoms with Crippen LogP contribution in [0.1, 0.15) is 5.56 Å². The van der Waals surface area contributed by atoms with Gasteiger partial charge in [-0.15, -0.1) is 0 Å². The molecule has 5 heterocycles. The van der Waals surface area contributed by atoms with E-state index in [2.05, 4.69) is 159 Å². The van der Waals surface area contributed by atoms with Crippen molar-refractivity contribution in [1.82, 2.24) is 28.7 Å². The Labute approximate surface area is 411 Å². The predicted molar refractivity (Wildman–Crippen MR) is 291 cm³/mol. The van der Waals surface area contributed by atoms with E-state index in [9.17, 15) is 5.26 Å². The highest BCUT2D eigenvalue weighted by Crippen LogP contribution is 2.46. The molecule has 8 nitrogen and oxygen atoms in total. The molecule has 0 atom stereocenters. The van der Waals surface area contributed by atoms with E-state index >= 15 is 0 Å². The second-order valence-corrected chi connectivity index (χ2v) is 18.3. The van der Waals surface area contributed by atoms with Gasteiger partial charge in [-0.25, -0.2) is 15.0 Å². The van der Waals surface area contributed by atoms with Crippen LogP contribution >= 0.6 is 0 Å². The van der Waals surface area contributed by atoms with Crippen molar-refractivity contribution in [3.8, 4) is 57.3 Å². The normalized spacial score (nSPS) is 11.9. The van der Waals surface area contributed by atoms with Crippen LogP contribution in [0.5, 0.6) is 0 Å². The lowest BCUT2D eigenvalue weighted by atomic mass is 10.00. The maximum atomic E-state index is 11.5. The lowest BCUT2D eigenvalue weighted by molar-refractivity contribution is 0.669. The molecule has 0 N–H and O–H groups in total. The Morgan fingerprint density at radius 3 is 1.46 bits per heavy atom. The van der Waals surface area contributed by atoms with Gasteiger partial charge in [0.25, 0.3) is 0 Å². The molecule has 0 aliphatic rings. The van der Waals surface area contributed by atoms with E-state index in [4.69, 9.17) is 19.4 Å². The summed E-state index contributed by atoms with van der Waals surface area (Å²) in [5, 5.41) is 20.1. The monoisotopic (exact) mass is 919 g/mol. The zero-order chi connectivity index (χ0) is 47.4. The summed E-state index contributed by atoms with van der Waals surface area (Å²) < 4.78 is 14.1. The smallest absolute Gasteiger partial charge is 0.169 e. The van der Waals surface area contributed by atoms with Gasteiger partial charge in [-0.2, -0.15) is 5.26 Å². The van der Waals surface area contributed by atoms with Crippen molar-refractivity contribution in [2.45, 2.75) is 0 Å². The zero-order valence-corrected chi connectivity index (χ0v) is 38.4. The predicted octanol–water partition coefficient (Wildman–Crippen LogP) is 15.9. The van der Waals surface area contributed by atoms with E-state index < -0.39 is 0 Å². The van der Waals surface area contributed by atoms with Gasteiger partial charge < -0.3 is 18.1 Å². The maximum absolute atomic E-state index is 11.5. The lowest BCUT2D eigenvalue weighted by Gasteiger charge is -2.15. The maximum Gasteiger partial charge on any atom is 0.169 e. The fraction of sp³-hybridized carbons (Fsp3) is 0. The lowest BCUT2D eigenvalue weighted by Crippen LogP contribution is -2.03. The minimum atomic E-state index is 0.349. The Morgan fingerprint density at radius 2 is 0.833 bits per heavy atom. The van der Waals surface area contributed by atoms with Gasteiger partial charge in [-0.05, 0) is 72.8 Å². The fourth-order valence-electron chi connectivity index (χ4n) is 11.2. The highest BCUT2D eigenvalue weighted by molar-refractivity contribution is 6.22.